The number of halogens is 3. The molecule has 3 aliphatic rings. The molecule has 30 heavy (non-hydrogen) atoms. The Balaban J connectivity index is 0.000000318. The second kappa shape index (κ2) is 9.84. The van der Waals surface area contributed by atoms with Crippen LogP contribution in [0.25, 0.3) is 0 Å². The summed E-state index contributed by atoms with van der Waals surface area (Å²) in [5, 5.41) is 7.12. The fourth-order valence-electron chi connectivity index (χ4n) is 4.02. The predicted molar refractivity (Wildman–Crippen MR) is 99.4 cm³/mol. The predicted octanol–water partition coefficient (Wildman–Crippen LogP) is 3.06. The highest BCUT2D eigenvalue weighted by atomic mass is 19.4. The van der Waals surface area contributed by atoms with Crippen molar-refractivity contribution < 1.29 is 42.0 Å². The maximum Gasteiger partial charge on any atom is 0.490 e. The van der Waals surface area contributed by atoms with Crippen molar-refractivity contribution in [3.05, 3.63) is 23.8 Å². The van der Waals surface area contributed by atoms with Crippen LogP contribution in [0.1, 0.15) is 25.3 Å². The van der Waals surface area contributed by atoms with Gasteiger partial charge in [0.05, 0.1) is 12.7 Å². The number of alkyl halides is 3. The average molecular weight is 433 g/mol. The quantitative estimate of drug-likeness (QED) is 0.765. The number of carbonyl (C=O) groups is 1. The van der Waals surface area contributed by atoms with Crippen LogP contribution in [0.3, 0.4) is 0 Å². The molecule has 0 spiro atoms. The summed E-state index contributed by atoms with van der Waals surface area (Å²) in [6.07, 6.45) is -2.42. The molecule has 10 heteroatoms. The zero-order valence-corrected chi connectivity index (χ0v) is 16.7. The minimum atomic E-state index is -5.08. The highest BCUT2D eigenvalue weighted by Gasteiger charge is 2.41. The second-order valence-electron chi connectivity index (χ2n) is 7.43. The van der Waals surface area contributed by atoms with E-state index < -0.39 is 12.1 Å². The van der Waals surface area contributed by atoms with Crippen molar-refractivity contribution in [2.24, 2.45) is 5.92 Å². The van der Waals surface area contributed by atoms with Gasteiger partial charge in [-0.25, -0.2) is 4.79 Å². The average Bonchev–Trinajstić information content (AvgIpc) is 3.32. The molecule has 1 aliphatic carbocycles. The van der Waals surface area contributed by atoms with E-state index in [2.05, 4.69) is 24.0 Å². The van der Waals surface area contributed by atoms with Gasteiger partial charge in [0.25, 0.3) is 0 Å². The zero-order valence-electron chi connectivity index (χ0n) is 16.7. The molecule has 0 aromatic heterocycles. The van der Waals surface area contributed by atoms with E-state index >= 15 is 0 Å². The smallest absolute Gasteiger partial charge is 0.475 e. The number of rotatable bonds is 5. The molecule has 1 unspecified atom stereocenters. The van der Waals surface area contributed by atoms with Gasteiger partial charge in [-0.3, -0.25) is 4.90 Å². The van der Waals surface area contributed by atoms with Crippen molar-refractivity contribution in [1.82, 2.24) is 4.90 Å². The summed E-state index contributed by atoms with van der Waals surface area (Å²) < 4.78 is 54.3. The van der Waals surface area contributed by atoms with Crippen LogP contribution in [-0.2, 0) is 20.8 Å². The zero-order chi connectivity index (χ0) is 21.7. The number of ether oxygens (including phenoxy) is 4. The Morgan fingerprint density at radius 2 is 2.00 bits per heavy atom. The molecule has 2 aliphatic heterocycles. The maximum atomic E-state index is 10.6. The highest BCUT2D eigenvalue weighted by Crippen LogP contribution is 2.37. The number of nitrogens with zero attached hydrogens (tertiary/aromatic N) is 1. The van der Waals surface area contributed by atoms with Crippen LogP contribution in [0.5, 0.6) is 11.5 Å². The summed E-state index contributed by atoms with van der Waals surface area (Å²) in [6, 6.07) is 6.78. The van der Waals surface area contributed by atoms with Gasteiger partial charge in [0.15, 0.2) is 11.5 Å². The molecule has 0 radical (unpaired) electrons. The van der Waals surface area contributed by atoms with E-state index in [1.165, 1.54) is 12.0 Å². The van der Waals surface area contributed by atoms with Gasteiger partial charge < -0.3 is 24.1 Å². The summed E-state index contributed by atoms with van der Waals surface area (Å²) in [4.78, 5) is 11.5. The van der Waals surface area contributed by atoms with Crippen molar-refractivity contribution in [2.45, 2.75) is 44.6 Å². The summed E-state index contributed by atoms with van der Waals surface area (Å²) in [5.41, 5.74) is 1.28. The van der Waals surface area contributed by atoms with Crippen molar-refractivity contribution in [3.8, 4) is 11.5 Å². The Morgan fingerprint density at radius 3 is 2.70 bits per heavy atom. The van der Waals surface area contributed by atoms with Gasteiger partial charge in [-0.15, -0.1) is 0 Å². The van der Waals surface area contributed by atoms with E-state index in [0.717, 1.165) is 50.8 Å². The van der Waals surface area contributed by atoms with Gasteiger partial charge in [0, 0.05) is 32.3 Å². The van der Waals surface area contributed by atoms with Gasteiger partial charge in [-0.1, -0.05) is 6.07 Å². The SMILES string of the molecule is CCOCC1C[C@@H]2OCCN(Cc3ccc4c(c3)OCO4)[C@H]2C1.O=C(O)C(F)(F)F. The molecule has 1 saturated heterocycles. The van der Waals surface area contributed by atoms with Crippen LogP contribution in [0, 0.1) is 5.92 Å². The summed E-state index contributed by atoms with van der Waals surface area (Å²) >= 11 is 0. The summed E-state index contributed by atoms with van der Waals surface area (Å²) in [5.74, 6) is -0.408. The fourth-order valence-corrected chi connectivity index (χ4v) is 4.02. The molecule has 1 saturated carbocycles. The highest BCUT2D eigenvalue weighted by molar-refractivity contribution is 5.73. The first kappa shape index (κ1) is 22.6. The van der Waals surface area contributed by atoms with Crippen molar-refractivity contribution >= 4 is 5.97 Å². The van der Waals surface area contributed by atoms with Crippen LogP contribution in [0.15, 0.2) is 18.2 Å². The van der Waals surface area contributed by atoms with E-state index in [-0.39, 0.29) is 0 Å². The van der Waals surface area contributed by atoms with E-state index in [9.17, 15) is 13.2 Å². The standard InChI is InChI=1S/C18H25NO4.C2HF3O2/c1-2-20-11-14-7-15-17(9-14)21-6-5-19(15)10-13-3-4-16-18(8-13)23-12-22-16;3-2(4,5)1(6)7/h3-4,8,14-15,17H,2,5-7,9-12H2,1H3;(H,6,7)/t14?,15-,17-;/m0./s1. The lowest BCUT2D eigenvalue weighted by Gasteiger charge is -2.37. The lowest BCUT2D eigenvalue weighted by Crippen LogP contribution is -2.47. The van der Waals surface area contributed by atoms with Gasteiger partial charge >= 0.3 is 12.1 Å². The lowest BCUT2D eigenvalue weighted by molar-refractivity contribution is -0.192. The molecule has 4 rings (SSSR count). The Hall–Kier alpha value is -2.04. The lowest BCUT2D eigenvalue weighted by atomic mass is 10.1. The van der Waals surface area contributed by atoms with Crippen LogP contribution >= 0.6 is 0 Å². The van der Waals surface area contributed by atoms with Gasteiger partial charge in [-0.2, -0.15) is 13.2 Å². The number of fused-ring (bicyclic) bond motifs is 2. The van der Waals surface area contributed by atoms with E-state index in [1.54, 1.807) is 0 Å². The first-order valence-electron chi connectivity index (χ1n) is 9.90. The van der Waals surface area contributed by atoms with Gasteiger partial charge in [-0.05, 0) is 43.4 Å². The number of aliphatic carboxylic acids is 1. The third-order valence-corrected chi connectivity index (χ3v) is 5.37. The molecule has 1 aromatic carbocycles. The van der Waals surface area contributed by atoms with E-state index in [0.29, 0.717) is 24.9 Å². The van der Waals surface area contributed by atoms with Gasteiger partial charge in [0.1, 0.15) is 0 Å². The van der Waals surface area contributed by atoms with Crippen LogP contribution in [0.2, 0.25) is 0 Å². The monoisotopic (exact) mass is 433 g/mol. The molecule has 1 aromatic rings. The molecule has 168 valence electrons. The van der Waals surface area contributed by atoms with Crippen LogP contribution in [-0.4, -0.2) is 67.5 Å². The third-order valence-electron chi connectivity index (χ3n) is 5.37. The third kappa shape index (κ3) is 5.77. The number of carboxylic acid groups (broad SMARTS) is 1. The minimum absolute atomic E-state index is 0.333. The number of carboxylic acids is 1. The Kier molecular flexibility index (Phi) is 7.43. The number of hydrogen-bond acceptors (Lipinski definition) is 6. The molecule has 7 nitrogen and oxygen atoms in total. The molecule has 1 N–H and O–H groups in total. The maximum absolute atomic E-state index is 10.6. The molecule has 0 bridgehead atoms. The molecule has 2 fully saturated rings. The van der Waals surface area contributed by atoms with Crippen LogP contribution in [0.4, 0.5) is 13.2 Å². The van der Waals surface area contributed by atoms with Gasteiger partial charge in [0.2, 0.25) is 6.79 Å². The largest absolute Gasteiger partial charge is 0.490 e. The topological polar surface area (TPSA) is 77.5 Å². The molecular weight excluding hydrogens is 407 g/mol. The van der Waals surface area contributed by atoms with E-state index in [1.807, 2.05) is 6.07 Å². The molecule has 2 heterocycles. The molecular formula is C20H26F3NO6. The Bertz CT molecular complexity index is 729. The number of hydrogen-bond donors (Lipinski definition) is 1. The van der Waals surface area contributed by atoms with Crippen molar-refractivity contribution in [3.63, 3.8) is 0 Å². The van der Waals surface area contributed by atoms with E-state index in [4.69, 9.17) is 28.8 Å². The minimum Gasteiger partial charge on any atom is -0.475 e. The Morgan fingerprint density at radius 1 is 1.27 bits per heavy atom. The first-order chi connectivity index (χ1) is 14.3. The summed E-state index contributed by atoms with van der Waals surface area (Å²) in [7, 11) is 0. The second-order valence-corrected chi connectivity index (χ2v) is 7.43. The summed E-state index contributed by atoms with van der Waals surface area (Å²) in [6.45, 7) is 6.83. The number of morpholine rings is 1. The first-order valence-corrected chi connectivity index (χ1v) is 9.90. The van der Waals surface area contributed by atoms with Crippen molar-refractivity contribution in [2.75, 3.05) is 33.2 Å². The number of benzene rings is 1. The fraction of sp³-hybridized carbons (Fsp3) is 0.650. The normalized spacial score (nSPS) is 25.4. The van der Waals surface area contributed by atoms with Crippen LogP contribution < -0.4 is 9.47 Å². The molecule has 3 atom stereocenters. The molecule has 0 amide bonds. The van der Waals surface area contributed by atoms with Crippen molar-refractivity contribution in [1.29, 1.82) is 0 Å². The Labute approximate surface area is 172 Å².